The van der Waals surface area contributed by atoms with Gasteiger partial charge in [0.1, 0.15) is 5.69 Å². The van der Waals surface area contributed by atoms with Gasteiger partial charge in [0.2, 0.25) is 0 Å². The van der Waals surface area contributed by atoms with Crippen LogP contribution < -0.4 is 5.32 Å². The molecule has 0 aliphatic heterocycles. The number of nitrogens with one attached hydrogen (secondary N) is 2. The number of ether oxygens (including phenoxy) is 1. The Hall–Kier alpha value is -1.85. The number of carbonyl (C=O) groups excluding carboxylic acids is 1. The van der Waals surface area contributed by atoms with Crippen molar-refractivity contribution in [3.8, 4) is 0 Å². The van der Waals surface area contributed by atoms with E-state index in [2.05, 4.69) is 10.3 Å². The molecule has 5 nitrogen and oxygen atoms in total. The van der Waals surface area contributed by atoms with Crippen LogP contribution in [0.4, 0.5) is 0 Å². The molecule has 2 rings (SSSR count). The summed E-state index contributed by atoms with van der Waals surface area (Å²) in [6.07, 6.45) is 0.728. The average molecular weight is 262 g/mol. The van der Waals surface area contributed by atoms with Crippen LogP contribution >= 0.6 is 0 Å². The van der Waals surface area contributed by atoms with E-state index in [9.17, 15) is 4.79 Å². The first kappa shape index (κ1) is 13.6. The number of amides is 1. The average Bonchev–Trinajstić information content (AvgIpc) is 2.86. The van der Waals surface area contributed by atoms with Crippen LogP contribution in [0.2, 0.25) is 0 Å². The van der Waals surface area contributed by atoms with Gasteiger partial charge in [-0.25, -0.2) is 0 Å². The van der Waals surface area contributed by atoms with Gasteiger partial charge in [-0.1, -0.05) is 18.2 Å². The number of aliphatic hydroxyl groups excluding tert-OH is 1. The number of hydrogen-bond donors (Lipinski definition) is 3. The molecule has 1 heterocycles. The number of benzene rings is 1. The topological polar surface area (TPSA) is 74.3 Å². The summed E-state index contributed by atoms with van der Waals surface area (Å²) >= 11 is 0. The van der Waals surface area contributed by atoms with Gasteiger partial charge in [-0.2, -0.15) is 0 Å². The van der Waals surface area contributed by atoms with Gasteiger partial charge in [0.15, 0.2) is 0 Å². The lowest BCUT2D eigenvalue weighted by molar-refractivity contribution is 0.0866. The minimum Gasteiger partial charge on any atom is -0.394 e. The van der Waals surface area contributed by atoms with E-state index < -0.39 is 0 Å². The van der Waals surface area contributed by atoms with E-state index in [4.69, 9.17) is 9.84 Å². The Morgan fingerprint density at radius 3 is 2.95 bits per heavy atom. The summed E-state index contributed by atoms with van der Waals surface area (Å²) in [4.78, 5) is 15.0. The highest BCUT2D eigenvalue weighted by Gasteiger charge is 2.08. The molecule has 3 N–H and O–H groups in total. The fraction of sp³-hybridized carbons (Fsp3) is 0.357. The van der Waals surface area contributed by atoms with Crippen LogP contribution in [-0.4, -0.2) is 42.4 Å². The Labute approximate surface area is 111 Å². The van der Waals surface area contributed by atoms with Crippen molar-refractivity contribution in [2.24, 2.45) is 0 Å². The monoisotopic (exact) mass is 262 g/mol. The summed E-state index contributed by atoms with van der Waals surface area (Å²) in [7, 11) is 0. The molecule has 1 aromatic heterocycles. The molecule has 0 saturated heterocycles. The van der Waals surface area contributed by atoms with Gasteiger partial charge in [0.05, 0.1) is 13.2 Å². The molecule has 0 aliphatic carbocycles. The fourth-order valence-electron chi connectivity index (χ4n) is 1.83. The summed E-state index contributed by atoms with van der Waals surface area (Å²) in [5.41, 5.74) is 1.52. The number of H-pyrrole nitrogens is 1. The zero-order chi connectivity index (χ0) is 13.5. The summed E-state index contributed by atoms with van der Waals surface area (Å²) in [6, 6.07) is 9.61. The number of carbonyl (C=O) groups is 1. The highest BCUT2D eigenvalue weighted by atomic mass is 16.5. The van der Waals surface area contributed by atoms with Crippen molar-refractivity contribution in [3.63, 3.8) is 0 Å². The molecule has 2 aromatic rings. The van der Waals surface area contributed by atoms with Crippen LogP contribution in [-0.2, 0) is 4.74 Å². The Kier molecular flexibility index (Phi) is 4.94. The smallest absolute Gasteiger partial charge is 0.267 e. The third-order valence-electron chi connectivity index (χ3n) is 2.76. The summed E-state index contributed by atoms with van der Waals surface area (Å²) in [6.45, 7) is 1.46. The van der Waals surface area contributed by atoms with Crippen LogP contribution in [0.3, 0.4) is 0 Å². The van der Waals surface area contributed by atoms with E-state index in [1.165, 1.54) is 0 Å². The van der Waals surface area contributed by atoms with Crippen molar-refractivity contribution < 1.29 is 14.6 Å². The van der Waals surface area contributed by atoms with E-state index in [1.807, 2.05) is 30.3 Å². The number of aromatic nitrogens is 1. The standard InChI is InChI=1S/C14H18N2O3/c17-7-9-19-8-3-6-15-14(18)13-10-11-4-1-2-5-12(11)16-13/h1-2,4-5,10,16-17H,3,6-9H2,(H,15,18). The molecule has 0 unspecified atom stereocenters. The number of para-hydroxylation sites is 1. The minimum absolute atomic E-state index is 0.0292. The highest BCUT2D eigenvalue weighted by molar-refractivity contribution is 5.97. The van der Waals surface area contributed by atoms with Gasteiger partial charge in [-0.05, 0) is 18.6 Å². The molecule has 0 saturated carbocycles. The first-order valence-corrected chi connectivity index (χ1v) is 6.36. The number of hydrogen-bond acceptors (Lipinski definition) is 3. The van der Waals surface area contributed by atoms with Gasteiger partial charge in [0, 0.05) is 24.1 Å². The molecule has 0 aliphatic rings. The number of aromatic amines is 1. The quantitative estimate of drug-likeness (QED) is 0.658. The maximum absolute atomic E-state index is 11.9. The Bertz CT molecular complexity index is 503. The van der Waals surface area contributed by atoms with Crippen LogP contribution in [0.5, 0.6) is 0 Å². The van der Waals surface area contributed by atoms with E-state index in [0.717, 1.165) is 17.3 Å². The molecule has 0 spiro atoms. The van der Waals surface area contributed by atoms with Gasteiger partial charge < -0.3 is 20.1 Å². The summed E-state index contributed by atoms with van der Waals surface area (Å²) in [5, 5.41) is 12.4. The predicted octanol–water partition coefficient (Wildman–Crippen LogP) is 1.30. The molecule has 102 valence electrons. The molecule has 0 atom stereocenters. The third kappa shape index (κ3) is 3.81. The number of rotatable bonds is 7. The Morgan fingerprint density at radius 1 is 1.32 bits per heavy atom. The second-order valence-corrected chi connectivity index (χ2v) is 4.22. The Balaban J connectivity index is 1.79. The predicted molar refractivity (Wildman–Crippen MR) is 73.2 cm³/mol. The number of aliphatic hydroxyl groups is 1. The molecular weight excluding hydrogens is 244 g/mol. The van der Waals surface area contributed by atoms with Gasteiger partial charge >= 0.3 is 0 Å². The lowest BCUT2D eigenvalue weighted by Crippen LogP contribution is -2.25. The largest absolute Gasteiger partial charge is 0.394 e. The van der Waals surface area contributed by atoms with Crippen molar-refractivity contribution in [2.75, 3.05) is 26.4 Å². The van der Waals surface area contributed by atoms with Crippen molar-refractivity contribution in [3.05, 3.63) is 36.0 Å². The molecule has 1 aromatic carbocycles. The van der Waals surface area contributed by atoms with Gasteiger partial charge in [0.25, 0.3) is 5.91 Å². The van der Waals surface area contributed by atoms with Crippen molar-refractivity contribution in [1.29, 1.82) is 0 Å². The van der Waals surface area contributed by atoms with E-state index in [-0.39, 0.29) is 12.5 Å². The van der Waals surface area contributed by atoms with E-state index >= 15 is 0 Å². The molecule has 0 radical (unpaired) electrons. The first-order valence-electron chi connectivity index (χ1n) is 6.36. The zero-order valence-corrected chi connectivity index (χ0v) is 10.7. The molecule has 19 heavy (non-hydrogen) atoms. The molecule has 0 bridgehead atoms. The fourth-order valence-corrected chi connectivity index (χ4v) is 1.83. The van der Waals surface area contributed by atoms with Gasteiger partial charge in [-0.15, -0.1) is 0 Å². The van der Waals surface area contributed by atoms with Crippen LogP contribution in [0.25, 0.3) is 10.9 Å². The third-order valence-corrected chi connectivity index (χ3v) is 2.76. The van der Waals surface area contributed by atoms with E-state index in [1.54, 1.807) is 0 Å². The zero-order valence-electron chi connectivity index (χ0n) is 10.7. The minimum atomic E-state index is -0.113. The summed E-state index contributed by atoms with van der Waals surface area (Å²) < 4.78 is 5.11. The molecular formula is C14H18N2O3. The molecule has 0 fully saturated rings. The van der Waals surface area contributed by atoms with E-state index in [0.29, 0.717) is 25.5 Å². The number of fused-ring (bicyclic) bond motifs is 1. The maximum Gasteiger partial charge on any atom is 0.267 e. The Morgan fingerprint density at radius 2 is 2.16 bits per heavy atom. The van der Waals surface area contributed by atoms with Crippen molar-refractivity contribution in [1.82, 2.24) is 10.3 Å². The van der Waals surface area contributed by atoms with Crippen molar-refractivity contribution in [2.45, 2.75) is 6.42 Å². The normalized spacial score (nSPS) is 10.8. The van der Waals surface area contributed by atoms with Crippen LogP contribution in [0.1, 0.15) is 16.9 Å². The lowest BCUT2D eigenvalue weighted by Gasteiger charge is -2.04. The van der Waals surface area contributed by atoms with Crippen LogP contribution in [0, 0.1) is 0 Å². The second-order valence-electron chi connectivity index (χ2n) is 4.22. The lowest BCUT2D eigenvalue weighted by atomic mass is 10.2. The molecule has 5 heteroatoms. The first-order chi connectivity index (χ1) is 9.31. The van der Waals surface area contributed by atoms with Crippen molar-refractivity contribution >= 4 is 16.8 Å². The second kappa shape index (κ2) is 6.92. The molecule has 1 amide bonds. The van der Waals surface area contributed by atoms with Gasteiger partial charge in [-0.3, -0.25) is 4.79 Å². The van der Waals surface area contributed by atoms with Crippen LogP contribution in [0.15, 0.2) is 30.3 Å². The highest BCUT2D eigenvalue weighted by Crippen LogP contribution is 2.14. The maximum atomic E-state index is 11.9. The summed E-state index contributed by atoms with van der Waals surface area (Å²) in [5.74, 6) is -0.113. The SMILES string of the molecule is O=C(NCCCOCCO)c1cc2ccccc2[nH]1.